The Kier molecular flexibility index (Phi) is 13.7. The van der Waals surface area contributed by atoms with E-state index in [-0.39, 0.29) is 46.3 Å². The number of aromatic nitrogens is 1. The van der Waals surface area contributed by atoms with Crippen molar-refractivity contribution in [3.8, 4) is 11.5 Å². The minimum Gasteiger partial charge on any atom is -0.869 e. The van der Waals surface area contributed by atoms with Crippen molar-refractivity contribution in [2.45, 2.75) is 93.2 Å². The summed E-state index contributed by atoms with van der Waals surface area (Å²) in [5.41, 5.74) is 10.4. The van der Waals surface area contributed by atoms with Gasteiger partial charge < -0.3 is 26.0 Å². The summed E-state index contributed by atoms with van der Waals surface area (Å²) in [5.74, 6) is -2.60. The van der Waals surface area contributed by atoms with Crippen LogP contribution in [0, 0.1) is 27.7 Å². The molecule has 4 N–H and O–H groups in total. The van der Waals surface area contributed by atoms with Gasteiger partial charge in [0.1, 0.15) is 5.75 Å². The molecule has 0 aliphatic heterocycles. The van der Waals surface area contributed by atoms with Crippen LogP contribution in [0.25, 0.3) is 0 Å². The van der Waals surface area contributed by atoms with Gasteiger partial charge in [-0.1, -0.05) is 74.9 Å². The number of aromatic carboxylic acids is 1. The van der Waals surface area contributed by atoms with Gasteiger partial charge in [0.2, 0.25) is 0 Å². The maximum absolute atomic E-state index is 11.7. The van der Waals surface area contributed by atoms with Crippen molar-refractivity contribution in [1.82, 2.24) is 4.98 Å². The number of anilines is 2. The molecule has 3 aromatic carbocycles. The van der Waals surface area contributed by atoms with Gasteiger partial charge in [0, 0.05) is 28.2 Å². The maximum atomic E-state index is 11.7. The summed E-state index contributed by atoms with van der Waals surface area (Å²) < 4.78 is 0. The van der Waals surface area contributed by atoms with Crippen molar-refractivity contribution in [2.75, 3.05) is 10.6 Å². The number of aryl methyl sites for hydroxylation is 4. The van der Waals surface area contributed by atoms with Crippen molar-refractivity contribution >= 4 is 17.3 Å². The third kappa shape index (κ3) is 9.50. The Labute approximate surface area is 284 Å². The molecule has 0 spiro atoms. The normalized spacial score (nSPS) is 12.1. The Morgan fingerprint density at radius 1 is 0.739 bits per heavy atom. The number of carboxylic acid groups (broad SMARTS) is 1. The molecule has 1 aromatic heterocycles. The summed E-state index contributed by atoms with van der Waals surface area (Å²) in [6.45, 7) is 20.3. The number of carboxylic acids is 1. The van der Waals surface area contributed by atoms with Gasteiger partial charge in [0.25, 0.3) is 0 Å². The third-order valence-electron chi connectivity index (χ3n) is 7.93. The van der Waals surface area contributed by atoms with Crippen LogP contribution in [0.4, 0.5) is 11.4 Å². The van der Waals surface area contributed by atoms with Crippen LogP contribution < -0.4 is 15.7 Å². The van der Waals surface area contributed by atoms with Crippen molar-refractivity contribution in [1.29, 1.82) is 0 Å². The Bertz CT molecular complexity index is 1580. The Morgan fingerprint density at radius 3 is 1.57 bits per heavy atom. The summed E-state index contributed by atoms with van der Waals surface area (Å²) in [7, 11) is 0. The van der Waals surface area contributed by atoms with Gasteiger partial charge >= 0.3 is 5.97 Å². The first kappa shape index (κ1) is 38.2. The van der Waals surface area contributed by atoms with Crippen LogP contribution in [0.5, 0.6) is 11.5 Å². The number of hydrogen-bond donors (Lipinski definition) is 4. The van der Waals surface area contributed by atoms with Gasteiger partial charge in [-0.3, -0.25) is 4.98 Å². The van der Waals surface area contributed by atoms with E-state index in [9.17, 15) is 15.0 Å². The van der Waals surface area contributed by atoms with Crippen LogP contribution in [0.15, 0.2) is 60.7 Å². The first-order valence-corrected chi connectivity index (χ1v) is 15.5. The van der Waals surface area contributed by atoms with E-state index in [1.54, 1.807) is 0 Å². The largest absolute Gasteiger partial charge is 0.869 e. The summed E-state index contributed by atoms with van der Waals surface area (Å²) >= 11 is 0. The molecule has 1 heterocycles. The molecule has 0 fully saturated rings. The number of hydrogen-bond acceptors (Lipinski definition) is 6. The predicted molar refractivity (Wildman–Crippen MR) is 183 cm³/mol. The van der Waals surface area contributed by atoms with Crippen molar-refractivity contribution < 1.29 is 36.9 Å². The standard InChI is InChI=1S/C25H31N3.C13H18O4.Co/c1-16-10-12-22(18(3)14-16)26-20(5)24-8-7-9-25(28-24)21(6)27-23-13-11-17(2)15-19(23)4;1-6(2)8-5-9(14)12(15)11(13(16)17)10(8)7(3)4;/h7-15,20-21,26-27H,1-6H3;5-7,14-15H,1-4H3,(H,16,17);/p-1. The van der Waals surface area contributed by atoms with Gasteiger partial charge in [-0.15, -0.1) is 0 Å². The minimum absolute atomic E-state index is 0. The minimum atomic E-state index is -1.28. The van der Waals surface area contributed by atoms with Gasteiger partial charge in [0.15, 0.2) is 0 Å². The van der Waals surface area contributed by atoms with Crippen LogP contribution in [0.3, 0.4) is 0 Å². The second kappa shape index (κ2) is 16.5. The molecule has 2 atom stereocenters. The summed E-state index contributed by atoms with van der Waals surface area (Å²) in [4.78, 5) is 16.1. The van der Waals surface area contributed by atoms with Crippen LogP contribution in [0.1, 0.15) is 121 Å². The number of rotatable bonds is 9. The molecular weight excluding hydrogens is 621 g/mol. The number of nitrogens with one attached hydrogen (secondary N) is 2. The average molecular weight is 670 g/mol. The van der Waals surface area contributed by atoms with E-state index in [1.807, 2.05) is 27.7 Å². The number of aromatic hydroxyl groups is 1. The molecule has 0 bridgehead atoms. The summed E-state index contributed by atoms with van der Waals surface area (Å²) in [6.07, 6.45) is 0. The fourth-order valence-corrected chi connectivity index (χ4v) is 5.51. The number of nitrogens with zero attached hydrogens (tertiary/aromatic N) is 1. The van der Waals surface area contributed by atoms with E-state index in [0.29, 0.717) is 5.56 Å². The van der Waals surface area contributed by atoms with Crippen LogP contribution in [-0.4, -0.2) is 21.2 Å². The molecule has 4 rings (SSSR count). The fourth-order valence-electron chi connectivity index (χ4n) is 5.51. The molecule has 0 aliphatic carbocycles. The molecule has 1 radical (unpaired) electrons. The number of phenolic OH excluding ortho intramolecular Hbond substituents is 1. The average Bonchev–Trinajstić information content (AvgIpc) is 2.97. The summed E-state index contributed by atoms with van der Waals surface area (Å²) in [6, 6.07) is 20.9. The molecule has 46 heavy (non-hydrogen) atoms. The predicted octanol–water partition coefficient (Wildman–Crippen LogP) is 9.07. The van der Waals surface area contributed by atoms with Gasteiger partial charge in [-0.2, -0.15) is 0 Å². The topological polar surface area (TPSA) is 118 Å². The van der Waals surface area contributed by atoms with Crippen LogP contribution in [-0.2, 0) is 16.8 Å². The van der Waals surface area contributed by atoms with Crippen molar-refractivity contribution in [3.05, 3.63) is 111 Å². The molecule has 4 aromatic rings. The third-order valence-corrected chi connectivity index (χ3v) is 7.93. The molecule has 0 saturated carbocycles. The Balaban J connectivity index is 0.000000353. The van der Waals surface area contributed by atoms with E-state index in [1.165, 1.54) is 28.3 Å². The van der Waals surface area contributed by atoms with Crippen LogP contribution >= 0.6 is 0 Å². The zero-order valence-corrected chi connectivity index (χ0v) is 29.6. The number of benzene rings is 3. The van der Waals surface area contributed by atoms with Crippen molar-refractivity contribution in [2.24, 2.45) is 0 Å². The number of phenols is 1. The molecule has 7 nitrogen and oxygen atoms in total. The number of pyridine rings is 1. The fraction of sp³-hybridized carbons (Fsp3) is 0.368. The van der Waals surface area contributed by atoms with E-state index >= 15 is 0 Å². The van der Waals surface area contributed by atoms with E-state index in [2.05, 4.69) is 107 Å². The first-order chi connectivity index (χ1) is 21.1. The second-order valence-corrected chi connectivity index (χ2v) is 12.6. The number of carbonyl (C=O) groups is 1. The molecule has 0 aliphatic rings. The van der Waals surface area contributed by atoms with E-state index in [4.69, 9.17) is 10.1 Å². The molecular formula is C38H48CoN3O4-. The van der Waals surface area contributed by atoms with E-state index in [0.717, 1.165) is 28.3 Å². The second-order valence-electron chi connectivity index (χ2n) is 12.6. The van der Waals surface area contributed by atoms with Gasteiger partial charge in [-0.05, 0) is 106 Å². The molecule has 0 amide bonds. The SMILES string of the molecule is CC(C)c1cc(O)c([O-])c(C(=O)O)c1C(C)C.Cc1ccc(NC(C)c2cccc(C(C)Nc3ccc(C)cc3C)n2)c(C)c1.[Co]. The van der Waals surface area contributed by atoms with Gasteiger partial charge in [0.05, 0.1) is 29.0 Å². The summed E-state index contributed by atoms with van der Waals surface area (Å²) in [5, 5.41) is 37.5. The molecule has 2 unspecified atom stereocenters. The monoisotopic (exact) mass is 669 g/mol. The Morgan fingerprint density at radius 2 is 1.20 bits per heavy atom. The molecule has 8 heteroatoms. The Hall–Kier alpha value is -4.01. The van der Waals surface area contributed by atoms with Crippen LogP contribution in [0.2, 0.25) is 0 Å². The van der Waals surface area contributed by atoms with Crippen molar-refractivity contribution in [3.63, 3.8) is 0 Å². The van der Waals surface area contributed by atoms with Gasteiger partial charge in [-0.25, -0.2) is 4.79 Å². The van der Waals surface area contributed by atoms with E-state index < -0.39 is 17.5 Å². The molecule has 249 valence electrons. The first-order valence-electron chi connectivity index (χ1n) is 15.5. The zero-order chi connectivity index (χ0) is 33.6. The zero-order valence-electron chi connectivity index (χ0n) is 28.6. The molecule has 0 saturated heterocycles. The smallest absolute Gasteiger partial charge is 0.335 e. The quantitative estimate of drug-likeness (QED) is 0.140. The maximum Gasteiger partial charge on any atom is 0.335 e.